The Bertz CT molecular complexity index is 4060. The van der Waals surface area contributed by atoms with Crippen LogP contribution in [-0.2, 0) is 70.3 Å². The molecule has 10 atom stereocenters. The van der Waals surface area contributed by atoms with E-state index in [0.717, 1.165) is 9.80 Å². The maximum Gasteiger partial charge on any atom is 0.329 e. The Morgan fingerprint density at radius 3 is 1.46 bits per heavy atom. The number of nitrogens with two attached hydrogens (primary N) is 1. The smallest absolute Gasteiger partial charge is 0.329 e. The van der Waals surface area contributed by atoms with Crippen LogP contribution >= 0.6 is 0 Å². The number of amides is 10. The van der Waals surface area contributed by atoms with Crippen molar-refractivity contribution in [2.24, 2.45) is 11.8 Å². The molecule has 0 bridgehead atoms. The molecule has 8 N–H and O–H groups in total. The molecular weight excluding hydrogens is 1300 g/mol. The largest absolute Gasteiger partial charge is 0.497 e. The number of methoxy groups -OCH3 is 2. The topological polar surface area (TPSA) is 396 Å². The summed E-state index contributed by atoms with van der Waals surface area (Å²) in [5.74, 6) is -11.0. The Balaban J connectivity index is 1.12. The number of rotatable bonds is 12. The van der Waals surface area contributed by atoms with E-state index in [2.05, 4.69) is 31.9 Å². The van der Waals surface area contributed by atoms with Crippen LogP contribution in [0.4, 0.5) is 5.69 Å². The Morgan fingerprint density at radius 1 is 0.610 bits per heavy atom. The molecule has 6 aliphatic rings. The highest BCUT2D eigenvalue weighted by Gasteiger charge is 2.45. The number of esters is 2. The summed E-state index contributed by atoms with van der Waals surface area (Å²) in [4.78, 5) is 199. The summed E-state index contributed by atoms with van der Waals surface area (Å²) < 4.78 is 29.0. The fourth-order valence-corrected chi connectivity index (χ4v) is 12.9. The maximum atomic E-state index is 15.4. The van der Waals surface area contributed by atoms with Crippen molar-refractivity contribution in [2.75, 3.05) is 60.2 Å². The Labute approximate surface area is 576 Å². The highest BCUT2D eigenvalue weighted by Crippen LogP contribution is 2.35. The van der Waals surface area contributed by atoms with E-state index in [1.807, 2.05) is 0 Å². The molecule has 100 heavy (non-hydrogen) atoms. The molecule has 0 unspecified atom stereocenters. The lowest BCUT2D eigenvalue weighted by Crippen LogP contribution is -2.61. The lowest BCUT2D eigenvalue weighted by atomic mass is 9.98. The van der Waals surface area contributed by atoms with Gasteiger partial charge in [0.2, 0.25) is 52.7 Å². The molecule has 0 radical (unpaired) electrons. The van der Waals surface area contributed by atoms with Crippen molar-refractivity contribution >= 4 is 87.8 Å². The van der Waals surface area contributed by atoms with Gasteiger partial charge in [-0.1, -0.05) is 58.0 Å². The summed E-state index contributed by atoms with van der Waals surface area (Å²) in [7, 11) is 5.74. The van der Waals surface area contributed by atoms with E-state index in [4.69, 9.17) is 34.1 Å². The number of hydrogen-bond donors (Lipinski definition) is 7. The minimum Gasteiger partial charge on any atom is -0.497 e. The average molecular weight is 1380 g/mol. The number of anilines is 1. The number of aromatic nitrogens is 1. The van der Waals surface area contributed by atoms with Crippen molar-refractivity contribution in [3.63, 3.8) is 0 Å². The van der Waals surface area contributed by atoms with Crippen LogP contribution in [0.3, 0.4) is 0 Å². The molecule has 4 fully saturated rings. The van der Waals surface area contributed by atoms with Gasteiger partial charge in [0.15, 0.2) is 11.3 Å². The summed E-state index contributed by atoms with van der Waals surface area (Å²) in [5, 5.41) is 16.0. The zero-order valence-corrected chi connectivity index (χ0v) is 57.9. The quantitative estimate of drug-likeness (QED) is 0.0525. The predicted octanol–water partition coefficient (Wildman–Crippen LogP) is 1.23. The van der Waals surface area contributed by atoms with Crippen LogP contribution in [0.25, 0.3) is 22.6 Å². The number of carbonyl (C=O) groups is 12. The molecular formula is C70H86N12O18. The summed E-state index contributed by atoms with van der Waals surface area (Å²) in [6.45, 7) is 11.3. The van der Waals surface area contributed by atoms with Crippen LogP contribution in [0.1, 0.15) is 110 Å². The highest BCUT2D eigenvalue weighted by atomic mass is 16.6. The van der Waals surface area contributed by atoms with Gasteiger partial charge in [0.05, 0.1) is 44.1 Å². The molecule has 534 valence electrons. The number of ether oxygens (including phenoxy) is 4. The molecule has 0 spiro atoms. The number of nitrogens with zero attached hydrogens (tertiary/aromatic N) is 5. The monoisotopic (exact) mass is 1380 g/mol. The third kappa shape index (κ3) is 15.9. The maximum absolute atomic E-state index is 15.4. The van der Waals surface area contributed by atoms with Crippen LogP contribution < -0.4 is 52.5 Å². The number of likely N-dealkylation sites (N-methyl/N-ethyl adjacent to an activating group) is 2. The summed E-state index contributed by atoms with van der Waals surface area (Å²) in [6, 6.07) is 4.62. The fourth-order valence-electron chi connectivity index (χ4n) is 12.9. The predicted molar refractivity (Wildman–Crippen MR) is 360 cm³/mol. The summed E-state index contributed by atoms with van der Waals surface area (Å²) in [6.07, 6.45) is -2.26. The zero-order chi connectivity index (χ0) is 72.9. The number of aryl methyl sites for hydroxylation is 1. The molecule has 9 rings (SSSR count). The first-order chi connectivity index (χ1) is 47.4. The number of nitrogens with one attached hydrogen (secondary N) is 6. The fraction of sp³-hybridized carbons (Fsp3) is 0.486. The third-order valence-corrected chi connectivity index (χ3v) is 18.6. The van der Waals surface area contributed by atoms with Gasteiger partial charge in [-0.2, -0.15) is 0 Å². The zero-order valence-electron chi connectivity index (χ0n) is 57.9. The van der Waals surface area contributed by atoms with Crippen LogP contribution in [0, 0.1) is 25.7 Å². The number of fused-ring (bicyclic) bond motifs is 4. The van der Waals surface area contributed by atoms with Gasteiger partial charge in [0.25, 0.3) is 11.8 Å². The minimum absolute atomic E-state index is 0.100. The molecule has 10 amide bonds. The first kappa shape index (κ1) is 73.6. The van der Waals surface area contributed by atoms with Crippen molar-refractivity contribution in [1.29, 1.82) is 0 Å². The molecule has 30 heteroatoms. The average Bonchev–Trinajstić information content (AvgIpc) is 0.869. The lowest BCUT2D eigenvalue weighted by Gasteiger charge is -2.33. The molecule has 5 aliphatic heterocycles. The summed E-state index contributed by atoms with van der Waals surface area (Å²) >= 11 is 0. The molecule has 0 aromatic heterocycles. The summed E-state index contributed by atoms with van der Waals surface area (Å²) in [5.41, 5.74) is 4.46. The van der Waals surface area contributed by atoms with Crippen LogP contribution in [0.5, 0.6) is 11.5 Å². The van der Waals surface area contributed by atoms with Gasteiger partial charge in [0.1, 0.15) is 83.3 Å². The van der Waals surface area contributed by atoms with Crippen molar-refractivity contribution < 1.29 is 80.9 Å². The highest BCUT2D eigenvalue weighted by molar-refractivity contribution is 6.10. The van der Waals surface area contributed by atoms with Crippen molar-refractivity contribution in [2.45, 2.75) is 154 Å². The first-order valence-electron chi connectivity index (χ1n) is 33.2. The van der Waals surface area contributed by atoms with Gasteiger partial charge < -0.3 is 80.6 Å². The van der Waals surface area contributed by atoms with Gasteiger partial charge in [-0.3, -0.25) is 52.7 Å². The molecule has 30 nitrogen and oxygen atoms in total. The van der Waals surface area contributed by atoms with Gasteiger partial charge in [0, 0.05) is 45.6 Å². The normalized spacial score (nSPS) is 24.3. The second-order valence-corrected chi connectivity index (χ2v) is 26.5. The molecule has 1 aliphatic carbocycles. The number of cyclic esters (lactones) is 2. The van der Waals surface area contributed by atoms with E-state index in [0.29, 0.717) is 41.0 Å². The SMILES string of the molecule is COc1ccc(C[C@H]2NC(=O)[C@@H](NC(=O)c3c4nc5c(C(=O)N[C@@H]6C(=O)N[C@H](Cc7ccc(OC)cc7)C(=O)N7CCC[C@H]7C(=O)N(C)CC(=O)N[C@@H](C(C)C)C(=O)O[C@@H]6C)ccc(C)c5oc-4c(C)c(=O)c3N)[C@@H](C)OC(=O)[C@H](C(C)C)NC(=O)CN(C)C(=O)[C@@H]3CCCN3C2=O)cc1. The first-order valence-corrected chi connectivity index (χ1v) is 33.2. The number of hydrogen-bond acceptors (Lipinski definition) is 20. The van der Waals surface area contributed by atoms with E-state index < -0.39 is 179 Å². The molecule has 5 heterocycles. The van der Waals surface area contributed by atoms with Gasteiger partial charge in [-0.05, 0) is 112 Å². The minimum atomic E-state index is -1.96. The van der Waals surface area contributed by atoms with Crippen LogP contribution in [-0.4, -0.2) is 211 Å². The second-order valence-electron chi connectivity index (χ2n) is 26.5. The second kappa shape index (κ2) is 31.0. The number of carbonyl (C=O) groups excluding carboxylic acids is 12. The van der Waals surface area contributed by atoms with E-state index in [-0.39, 0.29) is 66.8 Å². The van der Waals surface area contributed by atoms with Gasteiger partial charge in [-0.15, -0.1) is 0 Å². The van der Waals surface area contributed by atoms with Crippen LogP contribution in [0.15, 0.2) is 69.9 Å². The number of nitrogen functional groups attached to an aromatic ring is 1. The van der Waals surface area contributed by atoms with E-state index in [1.165, 1.54) is 71.0 Å². The van der Waals surface area contributed by atoms with E-state index in [1.54, 1.807) is 83.1 Å². The molecule has 0 saturated carbocycles. The Hall–Kier alpha value is -10.7. The van der Waals surface area contributed by atoms with E-state index in [9.17, 15) is 43.2 Å². The Morgan fingerprint density at radius 2 is 1.04 bits per heavy atom. The standard InChI is InChI=1S/C70H86N12O18/c1-33(2)52-69(94)98-37(7)54(63(88)72-44(29-39-18-22-41(96-11)23-19-39)65(90)81-27-13-15-46(81)67(92)79(9)31-48(83)74-52)77-61(86)43-26-17-35(5)59-56(43)76-57-50(51(71)58(85)36(6)60(57)100-59)62(87)78-55-38(8)99-70(95)53(34(3)4)75-49(84)32-80(10)68(93)47-16-14-28-82(47)66(91)45(73-64(55)89)30-40-20-24-42(97-12)25-21-40/h17-26,33-34,37-38,44-47,52-55H,13-16,27-32,71H2,1-12H3,(H,72,88)(H,73,89)(H,74,83)(H,75,84)(H,77,86)(H,78,87)/t37-,38-,44-,45-,46+,47+,52+,53+,54+,55+/m1/s1. The van der Waals surface area contributed by atoms with Gasteiger partial charge in [-0.25, -0.2) is 14.6 Å². The van der Waals surface area contributed by atoms with E-state index >= 15 is 19.2 Å². The number of benzene rings is 4. The van der Waals surface area contributed by atoms with Crippen molar-refractivity contribution in [3.05, 3.63) is 104 Å². The lowest BCUT2D eigenvalue weighted by molar-refractivity contribution is -0.157. The Kier molecular flexibility index (Phi) is 22.8. The van der Waals surface area contributed by atoms with Crippen molar-refractivity contribution in [1.82, 2.24) is 56.5 Å². The van der Waals surface area contributed by atoms with Crippen molar-refractivity contribution in [3.8, 4) is 23.0 Å². The van der Waals surface area contributed by atoms with Crippen LogP contribution in [0.2, 0.25) is 0 Å². The molecule has 4 saturated heterocycles. The third-order valence-electron chi connectivity index (χ3n) is 18.6. The van der Waals surface area contributed by atoms with Gasteiger partial charge >= 0.3 is 11.9 Å². The molecule has 3 aromatic carbocycles. The molecule has 3 aromatic rings.